The molecule has 31 heavy (non-hydrogen) atoms. The molecule has 6 nitrogen and oxygen atoms in total. The molecule has 2 aromatic carbocycles. The molecular formula is C22H21F3N2O4. The fourth-order valence-corrected chi connectivity index (χ4v) is 2.87. The Bertz CT molecular complexity index is 1060. The highest BCUT2D eigenvalue weighted by atomic mass is 19.4. The van der Waals surface area contributed by atoms with E-state index in [9.17, 15) is 18.0 Å². The predicted octanol–water partition coefficient (Wildman–Crippen LogP) is 5.54. The van der Waals surface area contributed by atoms with Crippen LogP contribution in [0.4, 0.5) is 18.9 Å². The second kappa shape index (κ2) is 9.11. The number of benzene rings is 2. The lowest BCUT2D eigenvalue weighted by Gasteiger charge is -2.15. The van der Waals surface area contributed by atoms with Gasteiger partial charge in [-0.15, -0.1) is 0 Å². The highest BCUT2D eigenvalue weighted by Gasteiger charge is 2.31. The van der Waals surface area contributed by atoms with E-state index in [2.05, 4.69) is 10.5 Å². The van der Waals surface area contributed by atoms with Crippen LogP contribution in [0.15, 0.2) is 47.0 Å². The number of anilines is 1. The SMILES string of the molecule is CCOc1ccc(C(F)(F)F)cc1NC(=O)c1cccc(OCc2c(C)noc2C)c1. The van der Waals surface area contributed by atoms with E-state index >= 15 is 0 Å². The van der Waals surface area contributed by atoms with Crippen LogP contribution in [-0.2, 0) is 12.8 Å². The van der Waals surface area contributed by atoms with Crippen LogP contribution in [0.1, 0.15) is 39.9 Å². The van der Waals surface area contributed by atoms with Crippen LogP contribution >= 0.6 is 0 Å². The third-order valence-electron chi connectivity index (χ3n) is 4.52. The van der Waals surface area contributed by atoms with Crippen LogP contribution in [-0.4, -0.2) is 17.7 Å². The molecule has 0 spiro atoms. The zero-order valence-electron chi connectivity index (χ0n) is 17.2. The first-order valence-corrected chi connectivity index (χ1v) is 9.49. The fraction of sp³-hybridized carbons (Fsp3) is 0.273. The minimum atomic E-state index is -4.55. The van der Waals surface area contributed by atoms with Crippen molar-refractivity contribution in [2.75, 3.05) is 11.9 Å². The summed E-state index contributed by atoms with van der Waals surface area (Å²) in [4.78, 5) is 12.7. The number of halogens is 3. The summed E-state index contributed by atoms with van der Waals surface area (Å²) in [5.74, 6) is 0.610. The summed E-state index contributed by atoms with van der Waals surface area (Å²) in [5.41, 5.74) is 0.780. The average molecular weight is 434 g/mol. The molecule has 0 saturated carbocycles. The van der Waals surface area contributed by atoms with Crippen molar-refractivity contribution in [2.45, 2.75) is 33.6 Å². The molecule has 0 aliphatic carbocycles. The van der Waals surface area contributed by atoms with Gasteiger partial charge in [0, 0.05) is 5.56 Å². The maximum atomic E-state index is 13.1. The van der Waals surface area contributed by atoms with Gasteiger partial charge in [-0.05, 0) is 57.2 Å². The molecule has 3 rings (SSSR count). The lowest BCUT2D eigenvalue weighted by Crippen LogP contribution is -2.14. The summed E-state index contributed by atoms with van der Waals surface area (Å²) in [6.07, 6.45) is -4.55. The van der Waals surface area contributed by atoms with Crippen molar-refractivity contribution in [3.8, 4) is 11.5 Å². The molecule has 1 amide bonds. The van der Waals surface area contributed by atoms with Gasteiger partial charge in [0.15, 0.2) is 0 Å². The smallest absolute Gasteiger partial charge is 0.416 e. The van der Waals surface area contributed by atoms with Crippen molar-refractivity contribution >= 4 is 11.6 Å². The van der Waals surface area contributed by atoms with Gasteiger partial charge < -0.3 is 19.3 Å². The standard InChI is InChI=1S/C22H21F3N2O4/c1-4-29-20-9-8-16(22(23,24)25)11-19(20)26-21(28)15-6-5-7-17(10-15)30-12-18-13(2)27-31-14(18)3/h5-11H,4,12H2,1-3H3,(H,26,28). The van der Waals surface area contributed by atoms with Crippen LogP contribution in [0, 0.1) is 13.8 Å². The van der Waals surface area contributed by atoms with Crippen molar-refractivity contribution in [2.24, 2.45) is 0 Å². The normalized spacial score (nSPS) is 11.3. The van der Waals surface area contributed by atoms with Gasteiger partial charge in [-0.2, -0.15) is 13.2 Å². The maximum absolute atomic E-state index is 13.1. The number of alkyl halides is 3. The number of amides is 1. The van der Waals surface area contributed by atoms with Gasteiger partial charge in [0.2, 0.25) is 0 Å². The van der Waals surface area contributed by atoms with E-state index in [-0.39, 0.29) is 30.2 Å². The Morgan fingerprint density at radius 3 is 2.55 bits per heavy atom. The number of hydrogen-bond acceptors (Lipinski definition) is 5. The number of nitrogens with zero attached hydrogens (tertiary/aromatic N) is 1. The molecule has 0 bridgehead atoms. The molecule has 9 heteroatoms. The monoisotopic (exact) mass is 434 g/mol. The first-order chi connectivity index (χ1) is 14.7. The largest absolute Gasteiger partial charge is 0.492 e. The summed E-state index contributed by atoms with van der Waals surface area (Å²) >= 11 is 0. The summed E-state index contributed by atoms with van der Waals surface area (Å²) in [6.45, 7) is 5.70. The Hall–Kier alpha value is -3.49. The van der Waals surface area contributed by atoms with Crippen LogP contribution in [0.2, 0.25) is 0 Å². The van der Waals surface area contributed by atoms with Gasteiger partial charge in [-0.1, -0.05) is 11.2 Å². The zero-order chi connectivity index (χ0) is 22.6. The number of rotatable bonds is 7. The first kappa shape index (κ1) is 22.2. The Morgan fingerprint density at radius 1 is 1.13 bits per heavy atom. The van der Waals surface area contributed by atoms with Crippen molar-refractivity contribution in [1.29, 1.82) is 0 Å². The van der Waals surface area contributed by atoms with E-state index < -0.39 is 17.6 Å². The first-order valence-electron chi connectivity index (χ1n) is 9.49. The summed E-state index contributed by atoms with van der Waals surface area (Å²) in [6, 6.07) is 9.27. The number of carbonyl (C=O) groups is 1. The molecule has 3 aromatic rings. The lowest BCUT2D eigenvalue weighted by molar-refractivity contribution is -0.137. The quantitative estimate of drug-likeness (QED) is 0.529. The zero-order valence-corrected chi connectivity index (χ0v) is 17.2. The second-order valence-corrected chi connectivity index (χ2v) is 6.72. The van der Waals surface area contributed by atoms with Crippen molar-refractivity contribution in [3.05, 3.63) is 70.6 Å². The minimum absolute atomic E-state index is 0.0660. The minimum Gasteiger partial charge on any atom is -0.492 e. The second-order valence-electron chi connectivity index (χ2n) is 6.72. The third kappa shape index (κ3) is 5.36. The number of aryl methyl sites for hydroxylation is 2. The lowest BCUT2D eigenvalue weighted by atomic mass is 10.1. The van der Waals surface area contributed by atoms with Crippen LogP contribution in [0.25, 0.3) is 0 Å². The fourth-order valence-electron chi connectivity index (χ4n) is 2.87. The Labute approximate surface area is 177 Å². The molecular weight excluding hydrogens is 413 g/mol. The van der Waals surface area contributed by atoms with Gasteiger partial charge in [-0.25, -0.2) is 0 Å². The molecule has 1 heterocycles. The molecule has 0 unspecified atom stereocenters. The molecule has 0 aliphatic heterocycles. The summed E-state index contributed by atoms with van der Waals surface area (Å²) in [5, 5.41) is 6.35. The van der Waals surface area contributed by atoms with E-state index in [4.69, 9.17) is 14.0 Å². The molecule has 0 fully saturated rings. The Kier molecular flexibility index (Phi) is 6.53. The Morgan fingerprint density at radius 2 is 1.90 bits per heavy atom. The maximum Gasteiger partial charge on any atom is 0.416 e. The third-order valence-corrected chi connectivity index (χ3v) is 4.52. The molecule has 0 aliphatic rings. The van der Waals surface area contributed by atoms with Gasteiger partial charge in [0.05, 0.1) is 29.1 Å². The van der Waals surface area contributed by atoms with Crippen molar-refractivity contribution in [1.82, 2.24) is 5.16 Å². The van der Waals surface area contributed by atoms with Crippen molar-refractivity contribution in [3.63, 3.8) is 0 Å². The van der Waals surface area contributed by atoms with Gasteiger partial charge >= 0.3 is 6.18 Å². The molecule has 1 N–H and O–H groups in total. The highest BCUT2D eigenvalue weighted by Crippen LogP contribution is 2.35. The van der Waals surface area contributed by atoms with E-state index in [1.165, 1.54) is 18.2 Å². The van der Waals surface area contributed by atoms with Crippen LogP contribution in [0.3, 0.4) is 0 Å². The molecule has 0 atom stereocenters. The van der Waals surface area contributed by atoms with Crippen LogP contribution < -0.4 is 14.8 Å². The van der Waals surface area contributed by atoms with Gasteiger partial charge in [0.1, 0.15) is 23.9 Å². The predicted molar refractivity (Wildman–Crippen MR) is 107 cm³/mol. The topological polar surface area (TPSA) is 73.6 Å². The summed E-state index contributed by atoms with van der Waals surface area (Å²) in [7, 11) is 0. The highest BCUT2D eigenvalue weighted by molar-refractivity contribution is 6.05. The Balaban J connectivity index is 1.78. The van der Waals surface area contributed by atoms with E-state index in [1.54, 1.807) is 32.9 Å². The molecule has 164 valence electrons. The number of carbonyl (C=O) groups excluding carboxylic acids is 1. The van der Waals surface area contributed by atoms with E-state index in [0.717, 1.165) is 17.7 Å². The van der Waals surface area contributed by atoms with Crippen molar-refractivity contribution < 1.29 is 32.0 Å². The van der Waals surface area contributed by atoms with Crippen LogP contribution in [0.5, 0.6) is 11.5 Å². The van der Waals surface area contributed by atoms with Gasteiger partial charge in [-0.3, -0.25) is 4.79 Å². The van der Waals surface area contributed by atoms with E-state index in [1.807, 2.05) is 0 Å². The number of nitrogens with one attached hydrogen (secondary N) is 1. The number of ether oxygens (including phenoxy) is 2. The summed E-state index contributed by atoms with van der Waals surface area (Å²) < 4.78 is 55.4. The van der Waals surface area contributed by atoms with Gasteiger partial charge in [0.25, 0.3) is 5.91 Å². The number of aromatic nitrogens is 1. The molecule has 0 radical (unpaired) electrons. The average Bonchev–Trinajstić information content (AvgIpc) is 3.04. The molecule has 1 aromatic heterocycles. The number of hydrogen-bond donors (Lipinski definition) is 1. The molecule has 0 saturated heterocycles. The van der Waals surface area contributed by atoms with E-state index in [0.29, 0.717) is 17.2 Å².